The Morgan fingerprint density at radius 2 is 2.00 bits per heavy atom. The van der Waals surface area contributed by atoms with Gasteiger partial charge in [0.05, 0.1) is 11.2 Å². The second-order valence-corrected chi connectivity index (χ2v) is 3.56. The summed E-state index contributed by atoms with van der Waals surface area (Å²) in [6, 6.07) is 4.62. The second-order valence-electron chi connectivity index (χ2n) is 3.16. The van der Waals surface area contributed by atoms with Crippen LogP contribution >= 0.6 is 11.6 Å². The number of hydrogen-bond acceptors (Lipinski definition) is 3. The largest absolute Gasteiger partial charge is 0.506 e. The average Bonchev–Trinajstić information content (AvgIpc) is 2.27. The van der Waals surface area contributed by atoms with Gasteiger partial charge in [-0.1, -0.05) is 11.6 Å². The van der Waals surface area contributed by atoms with Crippen molar-refractivity contribution in [1.82, 2.24) is 4.98 Å². The zero-order valence-corrected chi connectivity index (χ0v) is 9.08. The number of ether oxygens (including phenoxy) is 1. The van der Waals surface area contributed by atoms with Gasteiger partial charge in [-0.05, 0) is 12.1 Å². The van der Waals surface area contributed by atoms with E-state index in [0.29, 0.717) is 6.07 Å². The van der Waals surface area contributed by atoms with E-state index in [-0.39, 0.29) is 22.4 Å². The smallest absolute Gasteiger partial charge is 0.256 e. The number of pyridine rings is 1. The van der Waals surface area contributed by atoms with Crippen molar-refractivity contribution in [3.63, 3.8) is 0 Å². The Balaban J connectivity index is 2.28. The molecule has 0 fully saturated rings. The van der Waals surface area contributed by atoms with Crippen molar-refractivity contribution in [2.75, 3.05) is 0 Å². The molecular weight excluding hydrogens is 252 g/mol. The number of halogens is 3. The molecule has 0 aliphatic heterocycles. The lowest BCUT2D eigenvalue weighted by atomic mass is 10.3. The van der Waals surface area contributed by atoms with Gasteiger partial charge in [0.25, 0.3) is 5.88 Å². The standard InChI is InChI=1S/C11H6ClF2NO2/c12-8-4-7(1-2-10(8)16)17-11-9(14)3-6(13)5-15-11/h1-5,16H. The molecule has 2 aromatic rings. The molecule has 0 saturated carbocycles. The Labute approximate surface area is 100 Å². The van der Waals surface area contributed by atoms with Crippen LogP contribution in [-0.4, -0.2) is 10.1 Å². The maximum absolute atomic E-state index is 13.2. The molecule has 2 rings (SSSR count). The van der Waals surface area contributed by atoms with Crippen LogP contribution in [0.2, 0.25) is 5.02 Å². The molecule has 0 spiro atoms. The fraction of sp³-hybridized carbons (Fsp3) is 0. The predicted octanol–water partition coefficient (Wildman–Crippen LogP) is 3.51. The Morgan fingerprint density at radius 1 is 1.24 bits per heavy atom. The van der Waals surface area contributed by atoms with Gasteiger partial charge in [0.15, 0.2) is 5.82 Å². The Kier molecular flexibility index (Phi) is 3.10. The number of phenols is 1. The SMILES string of the molecule is Oc1ccc(Oc2ncc(F)cc2F)cc1Cl. The molecule has 6 heteroatoms. The molecule has 0 aliphatic carbocycles. The van der Waals surface area contributed by atoms with Gasteiger partial charge in [0, 0.05) is 12.1 Å². The van der Waals surface area contributed by atoms with Gasteiger partial charge in [-0.3, -0.25) is 0 Å². The van der Waals surface area contributed by atoms with Gasteiger partial charge < -0.3 is 9.84 Å². The van der Waals surface area contributed by atoms with Crippen molar-refractivity contribution in [3.05, 3.63) is 47.1 Å². The van der Waals surface area contributed by atoms with E-state index in [0.717, 1.165) is 6.20 Å². The first-order chi connectivity index (χ1) is 8.06. The molecular formula is C11H6ClF2NO2. The summed E-state index contributed by atoms with van der Waals surface area (Å²) < 4.78 is 30.8. The number of aromatic nitrogens is 1. The molecule has 1 N–H and O–H groups in total. The summed E-state index contributed by atoms with van der Waals surface area (Å²) in [6.07, 6.45) is 0.834. The van der Waals surface area contributed by atoms with E-state index >= 15 is 0 Å². The summed E-state index contributed by atoms with van der Waals surface area (Å²) in [5, 5.41) is 9.23. The average molecular weight is 258 g/mol. The van der Waals surface area contributed by atoms with Crippen molar-refractivity contribution in [3.8, 4) is 17.4 Å². The highest BCUT2D eigenvalue weighted by Crippen LogP contribution is 2.30. The summed E-state index contributed by atoms with van der Waals surface area (Å²) in [4.78, 5) is 3.45. The van der Waals surface area contributed by atoms with Gasteiger partial charge in [0.2, 0.25) is 0 Å². The van der Waals surface area contributed by atoms with Crippen LogP contribution in [0.1, 0.15) is 0 Å². The van der Waals surface area contributed by atoms with Crippen LogP contribution in [0.4, 0.5) is 8.78 Å². The third kappa shape index (κ3) is 2.62. The normalized spacial score (nSPS) is 10.3. The topological polar surface area (TPSA) is 42.4 Å². The van der Waals surface area contributed by atoms with E-state index in [1.165, 1.54) is 18.2 Å². The molecule has 0 amide bonds. The molecule has 88 valence electrons. The lowest BCUT2D eigenvalue weighted by Gasteiger charge is -2.06. The Hall–Kier alpha value is -1.88. The molecule has 1 aromatic carbocycles. The minimum atomic E-state index is -0.922. The molecule has 1 heterocycles. The third-order valence-corrected chi connectivity index (χ3v) is 2.21. The van der Waals surface area contributed by atoms with Crippen LogP contribution in [0.25, 0.3) is 0 Å². The van der Waals surface area contributed by atoms with E-state index in [2.05, 4.69) is 4.98 Å². The summed E-state index contributed by atoms with van der Waals surface area (Å²) in [5.74, 6) is -2.02. The maximum atomic E-state index is 13.2. The number of aromatic hydroxyl groups is 1. The summed E-state index contributed by atoms with van der Waals surface area (Å²) in [7, 11) is 0. The number of nitrogens with zero attached hydrogens (tertiary/aromatic N) is 1. The highest BCUT2D eigenvalue weighted by Gasteiger charge is 2.09. The zero-order chi connectivity index (χ0) is 12.4. The van der Waals surface area contributed by atoms with Gasteiger partial charge in [-0.15, -0.1) is 0 Å². The monoisotopic (exact) mass is 257 g/mol. The maximum Gasteiger partial charge on any atom is 0.256 e. The van der Waals surface area contributed by atoms with Crippen molar-refractivity contribution in [2.24, 2.45) is 0 Å². The lowest BCUT2D eigenvalue weighted by molar-refractivity contribution is 0.415. The first kappa shape index (κ1) is 11.6. The summed E-state index contributed by atoms with van der Waals surface area (Å²) in [5.41, 5.74) is 0. The molecule has 0 saturated heterocycles. The highest BCUT2D eigenvalue weighted by atomic mass is 35.5. The fourth-order valence-electron chi connectivity index (χ4n) is 1.14. The molecule has 0 unspecified atom stereocenters. The Morgan fingerprint density at radius 3 is 2.65 bits per heavy atom. The van der Waals surface area contributed by atoms with E-state index in [1.807, 2.05) is 0 Å². The van der Waals surface area contributed by atoms with E-state index in [1.54, 1.807) is 0 Å². The van der Waals surface area contributed by atoms with Crippen LogP contribution in [0.5, 0.6) is 17.4 Å². The van der Waals surface area contributed by atoms with E-state index in [9.17, 15) is 13.9 Å². The Bertz CT molecular complexity index is 563. The van der Waals surface area contributed by atoms with Crippen LogP contribution in [0.15, 0.2) is 30.5 Å². The van der Waals surface area contributed by atoms with Crippen molar-refractivity contribution < 1.29 is 18.6 Å². The van der Waals surface area contributed by atoms with Crippen molar-refractivity contribution in [1.29, 1.82) is 0 Å². The lowest BCUT2D eigenvalue weighted by Crippen LogP contribution is -1.93. The number of rotatable bonds is 2. The zero-order valence-electron chi connectivity index (χ0n) is 8.32. The second kappa shape index (κ2) is 4.55. The molecule has 17 heavy (non-hydrogen) atoms. The first-order valence-electron chi connectivity index (χ1n) is 4.53. The summed E-state index contributed by atoms with van der Waals surface area (Å²) >= 11 is 5.64. The summed E-state index contributed by atoms with van der Waals surface area (Å²) in [6.45, 7) is 0. The number of hydrogen-bond donors (Lipinski definition) is 1. The first-order valence-corrected chi connectivity index (χ1v) is 4.91. The van der Waals surface area contributed by atoms with E-state index in [4.69, 9.17) is 16.3 Å². The number of phenolic OH excluding ortho intramolecular Hbond substituents is 1. The minimum Gasteiger partial charge on any atom is -0.506 e. The third-order valence-electron chi connectivity index (χ3n) is 1.91. The minimum absolute atomic E-state index is 0.0602. The van der Waals surface area contributed by atoms with Crippen LogP contribution < -0.4 is 4.74 Å². The molecule has 0 radical (unpaired) electrons. The van der Waals surface area contributed by atoms with Crippen LogP contribution in [0.3, 0.4) is 0 Å². The van der Waals surface area contributed by atoms with E-state index < -0.39 is 11.6 Å². The van der Waals surface area contributed by atoms with Gasteiger partial charge in [-0.25, -0.2) is 13.8 Å². The quantitative estimate of drug-likeness (QED) is 0.895. The molecule has 1 aromatic heterocycles. The fourth-order valence-corrected chi connectivity index (χ4v) is 1.31. The van der Waals surface area contributed by atoms with Gasteiger partial charge >= 0.3 is 0 Å². The van der Waals surface area contributed by atoms with Crippen LogP contribution in [-0.2, 0) is 0 Å². The number of benzene rings is 1. The molecule has 0 atom stereocenters. The highest BCUT2D eigenvalue weighted by molar-refractivity contribution is 6.32. The molecule has 0 bridgehead atoms. The molecule has 3 nitrogen and oxygen atoms in total. The molecule has 0 aliphatic rings. The van der Waals surface area contributed by atoms with Crippen LogP contribution in [0, 0.1) is 11.6 Å². The predicted molar refractivity (Wildman–Crippen MR) is 57.3 cm³/mol. The van der Waals surface area contributed by atoms with Gasteiger partial charge in [-0.2, -0.15) is 0 Å². The van der Waals surface area contributed by atoms with Crippen molar-refractivity contribution in [2.45, 2.75) is 0 Å². The van der Waals surface area contributed by atoms with Crippen molar-refractivity contribution >= 4 is 11.6 Å². The van der Waals surface area contributed by atoms with Gasteiger partial charge in [0.1, 0.15) is 17.3 Å².